The minimum atomic E-state index is -0.0726. The Bertz CT molecular complexity index is 662. The van der Waals surface area contributed by atoms with Crippen LogP contribution in [0.2, 0.25) is 0 Å². The van der Waals surface area contributed by atoms with Crippen molar-refractivity contribution < 1.29 is 9.59 Å². The van der Waals surface area contributed by atoms with Gasteiger partial charge < -0.3 is 20.1 Å². The third kappa shape index (κ3) is 4.16. The van der Waals surface area contributed by atoms with E-state index in [-0.39, 0.29) is 11.9 Å². The lowest BCUT2D eigenvalue weighted by Gasteiger charge is -2.34. The molecule has 0 bridgehead atoms. The lowest BCUT2D eigenvalue weighted by molar-refractivity contribution is -0.131. The molecule has 3 amide bonds. The van der Waals surface area contributed by atoms with Crippen molar-refractivity contribution >= 4 is 11.9 Å². The highest BCUT2D eigenvalue weighted by molar-refractivity contribution is 5.79. The summed E-state index contributed by atoms with van der Waals surface area (Å²) in [6, 6.07) is 11.7. The number of nitrogens with zero attached hydrogens (tertiary/aromatic N) is 2. The summed E-state index contributed by atoms with van der Waals surface area (Å²) in [5, 5.41) is 2.93. The maximum Gasteiger partial charge on any atom is 0.317 e. The van der Waals surface area contributed by atoms with Crippen LogP contribution in [-0.2, 0) is 17.8 Å². The predicted octanol–water partition coefficient (Wildman–Crippen LogP) is 1.61. The van der Waals surface area contributed by atoms with E-state index in [1.165, 1.54) is 0 Å². The normalized spacial score (nSPS) is 14.5. The Morgan fingerprint density at radius 1 is 0.958 bits per heavy atom. The van der Waals surface area contributed by atoms with Gasteiger partial charge in [-0.2, -0.15) is 0 Å². The van der Waals surface area contributed by atoms with Crippen molar-refractivity contribution in [3.05, 3.63) is 59.9 Å². The van der Waals surface area contributed by atoms with Gasteiger partial charge in [0.1, 0.15) is 0 Å². The van der Waals surface area contributed by atoms with Gasteiger partial charge in [-0.1, -0.05) is 30.3 Å². The SMILES string of the molecule is O=C(Cc1cc[nH]c1)N1CCN(C(=O)NCc2ccccc2)CC1. The molecule has 1 saturated heterocycles. The highest BCUT2D eigenvalue weighted by atomic mass is 16.2. The molecular weight excluding hydrogens is 304 g/mol. The van der Waals surface area contributed by atoms with Crippen molar-refractivity contribution in [3.8, 4) is 0 Å². The van der Waals surface area contributed by atoms with E-state index in [9.17, 15) is 9.59 Å². The quantitative estimate of drug-likeness (QED) is 0.896. The maximum atomic E-state index is 12.2. The smallest absolute Gasteiger partial charge is 0.317 e. The summed E-state index contributed by atoms with van der Waals surface area (Å²) in [7, 11) is 0. The van der Waals surface area contributed by atoms with E-state index in [1.807, 2.05) is 53.7 Å². The first-order valence-corrected chi connectivity index (χ1v) is 8.18. The molecule has 1 aromatic heterocycles. The Morgan fingerprint density at radius 2 is 1.67 bits per heavy atom. The number of carbonyl (C=O) groups is 2. The van der Waals surface area contributed by atoms with E-state index < -0.39 is 0 Å². The molecule has 2 aromatic rings. The molecule has 1 fully saturated rings. The second kappa shape index (κ2) is 7.68. The van der Waals surface area contributed by atoms with Gasteiger partial charge in [0.2, 0.25) is 5.91 Å². The number of rotatable bonds is 4. The van der Waals surface area contributed by atoms with Gasteiger partial charge in [0.05, 0.1) is 6.42 Å². The van der Waals surface area contributed by atoms with Crippen molar-refractivity contribution in [2.45, 2.75) is 13.0 Å². The third-order valence-electron chi connectivity index (χ3n) is 4.22. The van der Waals surface area contributed by atoms with Crippen LogP contribution in [-0.4, -0.2) is 52.9 Å². The zero-order chi connectivity index (χ0) is 16.8. The fraction of sp³-hybridized carbons (Fsp3) is 0.333. The molecule has 6 nitrogen and oxygen atoms in total. The van der Waals surface area contributed by atoms with Gasteiger partial charge in [0, 0.05) is 45.1 Å². The molecule has 0 unspecified atom stereocenters. The highest BCUT2D eigenvalue weighted by Crippen LogP contribution is 2.07. The van der Waals surface area contributed by atoms with Crippen LogP contribution in [0.1, 0.15) is 11.1 Å². The number of urea groups is 1. The zero-order valence-electron chi connectivity index (χ0n) is 13.6. The molecule has 2 heterocycles. The van der Waals surface area contributed by atoms with Gasteiger partial charge in [-0.25, -0.2) is 4.79 Å². The average Bonchev–Trinajstić information content (AvgIpc) is 3.13. The number of amides is 3. The minimum absolute atomic E-state index is 0.0726. The predicted molar refractivity (Wildman–Crippen MR) is 91.3 cm³/mol. The topological polar surface area (TPSA) is 68.4 Å². The van der Waals surface area contributed by atoms with E-state index in [0.717, 1.165) is 11.1 Å². The Labute approximate surface area is 141 Å². The van der Waals surface area contributed by atoms with Crippen LogP contribution in [0, 0.1) is 0 Å². The summed E-state index contributed by atoms with van der Waals surface area (Å²) in [5.74, 6) is 0.110. The van der Waals surface area contributed by atoms with Gasteiger partial charge in [-0.3, -0.25) is 4.79 Å². The van der Waals surface area contributed by atoms with Gasteiger partial charge in [-0.15, -0.1) is 0 Å². The fourth-order valence-corrected chi connectivity index (χ4v) is 2.80. The number of hydrogen-bond acceptors (Lipinski definition) is 2. The van der Waals surface area contributed by atoms with Gasteiger partial charge in [-0.05, 0) is 17.2 Å². The lowest BCUT2D eigenvalue weighted by atomic mass is 10.2. The number of benzene rings is 1. The Hall–Kier alpha value is -2.76. The van der Waals surface area contributed by atoms with Crippen LogP contribution in [0.5, 0.6) is 0 Å². The standard InChI is InChI=1S/C18H22N4O2/c23-17(12-16-6-7-19-13-16)21-8-10-22(11-9-21)18(24)20-14-15-4-2-1-3-5-15/h1-7,13,19H,8-12,14H2,(H,20,24). The molecule has 126 valence electrons. The van der Waals surface area contributed by atoms with Gasteiger partial charge in [0.25, 0.3) is 0 Å². The second-order valence-electron chi connectivity index (χ2n) is 5.91. The van der Waals surface area contributed by atoms with E-state index in [0.29, 0.717) is 39.1 Å². The molecule has 0 saturated carbocycles. The Kier molecular flexibility index (Phi) is 5.15. The average molecular weight is 326 g/mol. The van der Waals surface area contributed by atoms with Crippen molar-refractivity contribution in [3.63, 3.8) is 0 Å². The zero-order valence-corrected chi connectivity index (χ0v) is 13.6. The summed E-state index contributed by atoms with van der Waals surface area (Å²) in [4.78, 5) is 31.0. The van der Waals surface area contributed by atoms with Crippen LogP contribution < -0.4 is 5.32 Å². The van der Waals surface area contributed by atoms with Crippen LogP contribution in [0.3, 0.4) is 0 Å². The number of aromatic nitrogens is 1. The van der Waals surface area contributed by atoms with E-state index in [1.54, 1.807) is 4.90 Å². The van der Waals surface area contributed by atoms with Crippen LogP contribution in [0.15, 0.2) is 48.8 Å². The summed E-state index contributed by atoms with van der Waals surface area (Å²) in [6.45, 7) is 2.83. The number of aromatic amines is 1. The van der Waals surface area contributed by atoms with E-state index >= 15 is 0 Å². The number of hydrogen-bond donors (Lipinski definition) is 2. The van der Waals surface area contributed by atoms with Crippen molar-refractivity contribution in [1.82, 2.24) is 20.1 Å². The second-order valence-corrected chi connectivity index (χ2v) is 5.91. The number of piperazine rings is 1. The van der Waals surface area contributed by atoms with Gasteiger partial charge in [0.15, 0.2) is 0 Å². The molecule has 0 atom stereocenters. The lowest BCUT2D eigenvalue weighted by Crippen LogP contribution is -2.53. The molecular formula is C18H22N4O2. The molecule has 1 aliphatic rings. The maximum absolute atomic E-state index is 12.2. The van der Waals surface area contributed by atoms with Crippen LogP contribution in [0.25, 0.3) is 0 Å². The summed E-state index contributed by atoms with van der Waals surface area (Å²) >= 11 is 0. The molecule has 24 heavy (non-hydrogen) atoms. The first-order valence-electron chi connectivity index (χ1n) is 8.18. The number of carbonyl (C=O) groups excluding carboxylic acids is 2. The molecule has 0 aliphatic carbocycles. The monoisotopic (exact) mass is 326 g/mol. The van der Waals surface area contributed by atoms with Crippen molar-refractivity contribution in [2.24, 2.45) is 0 Å². The largest absolute Gasteiger partial charge is 0.367 e. The summed E-state index contributed by atoms with van der Waals surface area (Å²) < 4.78 is 0. The van der Waals surface area contributed by atoms with Crippen LogP contribution in [0.4, 0.5) is 4.79 Å². The van der Waals surface area contributed by atoms with Crippen molar-refractivity contribution in [1.29, 1.82) is 0 Å². The van der Waals surface area contributed by atoms with E-state index in [4.69, 9.17) is 0 Å². The number of nitrogens with one attached hydrogen (secondary N) is 2. The number of H-pyrrole nitrogens is 1. The first kappa shape index (κ1) is 16.1. The van der Waals surface area contributed by atoms with Crippen molar-refractivity contribution in [2.75, 3.05) is 26.2 Å². The highest BCUT2D eigenvalue weighted by Gasteiger charge is 2.23. The summed E-state index contributed by atoms with van der Waals surface area (Å²) in [6.07, 6.45) is 4.06. The molecule has 0 radical (unpaired) electrons. The van der Waals surface area contributed by atoms with Gasteiger partial charge >= 0.3 is 6.03 Å². The first-order chi connectivity index (χ1) is 11.7. The minimum Gasteiger partial charge on any atom is -0.367 e. The fourth-order valence-electron chi connectivity index (χ4n) is 2.80. The molecule has 1 aliphatic heterocycles. The Morgan fingerprint density at radius 3 is 2.33 bits per heavy atom. The Balaban J connectivity index is 1.42. The third-order valence-corrected chi connectivity index (χ3v) is 4.22. The summed E-state index contributed by atoms with van der Waals surface area (Å²) in [5.41, 5.74) is 2.06. The molecule has 1 aromatic carbocycles. The molecule has 2 N–H and O–H groups in total. The molecule has 6 heteroatoms. The molecule has 3 rings (SSSR count). The van der Waals surface area contributed by atoms with E-state index in [2.05, 4.69) is 10.3 Å². The molecule has 0 spiro atoms. The van der Waals surface area contributed by atoms with Crippen LogP contribution >= 0.6 is 0 Å².